The number of rotatable bonds is 5. The summed E-state index contributed by atoms with van der Waals surface area (Å²) in [5.74, 6) is 3.18. The van der Waals surface area contributed by atoms with Crippen molar-refractivity contribution < 1.29 is 9.15 Å². The maximum atomic E-state index is 5.85. The number of benzene rings is 1. The lowest BCUT2D eigenvalue weighted by Gasteiger charge is -2.10. The average molecular weight is 296 g/mol. The molecule has 110 valence electrons. The molecule has 1 aromatic heterocycles. The SMILES string of the molecule is CCOc1ccc2oc(CC)cc2c1[C@@H]1C[C@H]1CN.Cl. The Balaban J connectivity index is 0.00000147. The summed E-state index contributed by atoms with van der Waals surface area (Å²) in [6.45, 7) is 5.58. The van der Waals surface area contributed by atoms with E-state index >= 15 is 0 Å². The maximum absolute atomic E-state index is 5.85. The highest BCUT2D eigenvalue weighted by Crippen LogP contribution is 2.52. The van der Waals surface area contributed by atoms with Gasteiger partial charge in [-0.2, -0.15) is 0 Å². The molecule has 0 bridgehead atoms. The predicted octanol–water partition coefficient (Wildman–Crippen LogP) is 3.88. The Morgan fingerprint density at radius 1 is 1.35 bits per heavy atom. The molecule has 0 spiro atoms. The van der Waals surface area contributed by atoms with E-state index in [-0.39, 0.29) is 12.4 Å². The molecule has 0 amide bonds. The van der Waals surface area contributed by atoms with Crippen LogP contribution in [-0.2, 0) is 6.42 Å². The predicted molar refractivity (Wildman–Crippen MR) is 83.9 cm³/mol. The van der Waals surface area contributed by atoms with Gasteiger partial charge in [0.2, 0.25) is 0 Å². The Morgan fingerprint density at radius 3 is 2.75 bits per heavy atom. The van der Waals surface area contributed by atoms with Crippen LogP contribution < -0.4 is 10.5 Å². The second kappa shape index (κ2) is 6.06. The van der Waals surface area contributed by atoms with Gasteiger partial charge in [-0.15, -0.1) is 12.4 Å². The van der Waals surface area contributed by atoms with Crippen molar-refractivity contribution in [2.75, 3.05) is 13.2 Å². The quantitative estimate of drug-likeness (QED) is 0.910. The summed E-state index contributed by atoms with van der Waals surface area (Å²) in [6, 6.07) is 6.22. The Labute approximate surface area is 125 Å². The number of halogens is 1. The summed E-state index contributed by atoms with van der Waals surface area (Å²) in [4.78, 5) is 0. The van der Waals surface area contributed by atoms with Crippen LogP contribution in [0.3, 0.4) is 0 Å². The smallest absolute Gasteiger partial charge is 0.134 e. The van der Waals surface area contributed by atoms with Crippen LogP contribution >= 0.6 is 12.4 Å². The Bertz CT molecular complexity index is 593. The Morgan fingerprint density at radius 2 is 2.15 bits per heavy atom. The van der Waals surface area contributed by atoms with Gasteiger partial charge in [-0.1, -0.05) is 6.92 Å². The van der Waals surface area contributed by atoms with E-state index in [9.17, 15) is 0 Å². The molecule has 20 heavy (non-hydrogen) atoms. The van der Waals surface area contributed by atoms with Crippen LogP contribution in [0.4, 0.5) is 0 Å². The first-order valence-corrected chi connectivity index (χ1v) is 7.16. The molecule has 2 aromatic rings. The lowest BCUT2D eigenvalue weighted by Crippen LogP contribution is -2.03. The zero-order valence-electron chi connectivity index (χ0n) is 12.0. The lowest BCUT2D eigenvalue weighted by molar-refractivity contribution is 0.337. The lowest BCUT2D eigenvalue weighted by atomic mass is 10.0. The van der Waals surface area contributed by atoms with E-state index in [0.29, 0.717) is 18.4 Å². The van der Waals surface area contributed by atoms with Crippen molar-refractivity contribution in [1.29, 1.82) is 0 Å². The Hall–Kier alpha value is -1.19. The summed E-state index contributed by atoms with van der Waals surface area (Å²) in [6.07, 6.45) is 2.09. The van der Waals surface area contributed by atoms with Crippen molar-refractivity contribution in [3.63, 3.8) is 0 Å². The van der Waals surface area contributed by atoms with Gasteiger partial charge < -0.3 is 14.9 Å². The first-order chi connectivity index (χ1) is 9.28. The second-order valence-electron chi connectivity index (χ2n) is 5.23. The summed E-state index contributed by atoms with van der Waals surface area (Å²) >= 11 is 0. The maximum Gasteiger partial charge on any atom is 0.134 e. The van der Waals surface area contributed by atoms with Gasteiger partial charge in [0, 0.05) is 17.4 Å². The molecular weight excluding hydrogens is 274 g/mol. The van der Waals surface area contributed by atoms with Crippen LogP contribution in [0.25, 0.3) is 11.0 Å². The number of ether oxygens (including phenoxy) is 1. The highest BCUT2D eigenvalue weighted by molar-refractivity contribution is 5.86. The molecule has 1 fully saturated rings. The third kappa shape index (κ3) is 2.52. The summed E-state index contributed by atoms with van der Waals surface area (Å²) in [7, 11) is 0. The minimum absolute atomic E-state index is 0. The number of furan rings is 1. The van der Waals surface area contributed by atoms with E-state index in [1.54, 1.807) is 0 Å². The standard InChI is InChI=1S/C16H21NO2.ClH/c1-3-11-8-13-14(19-11)5-6-15(18-4-2)16(13)12-7-10(12)9-17;/h5-6,8,10,12H,3-4,7,9,17H2,1-2H3;1H/t10-,12+;/m0./s1. The fourth-order valence-electron chi connectivity index (χ4n) is 2.87. The second-order valence-corrected chi connectivity index (χ2v) is 5.23. The molecule has 3 nitrogen and oxygen atoms in total. The van der Waals surface area contributed by atoms with E-state index in [0.717, 1.165) is 30.1 Å². The molecule has 4 heteroatoms. The van der Waals surface area contributed by atoms with Crippen molar-refractivity contribution >= 4 is 23.4 Å². The van der Waals surface area contributed by atoms with Crippen LogP contribution in [0.15, 0.2) is 22.6 Å². The summed E-state index contributed by atoms with van der Waals surface area (Å²) in [5.41, 5.74) is 8.07. The van der Waals surface area contributed by atoms with Crippen molar-refractivity contribution in [3.05, 3.63) is 29.5 Å². The van der Waals surface area contributed by atoms with Gasteiger partial charge in [0.1, 0.15) is 17.1 Å². The van der Waals surface area contributed by atoms with Crippen LogP contribution in [0.1, 0.15) is 37.5 Å². The third-order valence-corrected chi connectivity index (χ3v) is 4.00. The molecule has 1 aromatic carbocycles. The van der Waals surface area contributed by atoms with Crippen molar-refractivity contribution in [2.45, 2.75) is 32.6 Å². The van der Waals surface area contributed by atoms with E-state index in [1.165, 1.54) is 17.4 Å². The van der Waals surface area contributed by atoms with Crippen LogP contribution in [0, 0.1) is 5.92 Å². The zero-order chi connectivity index (χ0) is 13.4. The minimum atomic E-state index is 0. The van der Waals surface area contributed by atoms with Gasteiger partial charge in [0.25, 0.3) is 0 Å². The first-order valence-electron chi connectivity index (χ1n) is 7.16. The van der Waals surface area contributed by atoms with Crippen LogP contribution in [0.5, 0.6) is 5.75 Å². The normalized spacial score (nSPS) is 20.8. The molecule has 1 aliphatic carbocycles. The van der Waals surface area contributed by atoms with Crippen molar-refractivity contribution in [1.82, 2.24) is 0 Å². The fraction of sp³-hybridized carbons (Fsp3) is 0.500. The molecule has 0 saturated heterocycles. The number of hydrogen-bond acceptors (Lipinski definition) is 3. The molecule has 1 heterocycles. The molecule has 1 saturated carbocycles. The molecule has 0 radical (unpaired) electrons. The highest BCUT2D eigenvalue weighted by atomic mass is 35.5. The van der Waals surface area contributed by atoms with Gasteiger partial charge in [-0.3, -0.25) is 0 Å². The van der Waals surface area contributed by atoms with Gasteiger partial charge in [0.05, 0.1) is 6.61 Å². The van der Waals surface area contributed by atoms with Gasteiger partial charge in [-0.05, 0) is 49.9 Å². The fourth-order valence-corrected chi connectivity index (χ4v) is 2.87. The van der Waals surface area contributed by atoms with E-state index in [4.69, 9.17) is 14.9 Å². The molecule has 1 aliphatic rings. The molecule has 0 aliphatic heterocycles. The average Bonchev–Trinajstić information content (AvgIpc) is 3.08. The molecule has 3 rings (SSSR count). The van der Waals surface area contributed by atoms with Crippen molar-refractivity contribution in [2.24, 2.45) is 11.7 Å². The van der Waals surface area contributed by atoms with Crippen LogP contribution in [-0.4, -0.2) is 13.2 Å². The number of nitrogens with two attached hydrogens (primary N) is 1. The van der Waals surface area contributed by atoms with Crippen LogP contribution in [0.2, 0.25) is 0 Å². The number of fused-ring (bicyclic) bond motifs is 1. The monoisotopic (exact) mass is 295 g/mol. The van der Waals surface area contributed by atoms with Crippen molar-refractivity contribution in [3.8, 4) is 5.75 Å². The zero-order valence-corrected chi connectivity index (χ0v) is 12.8. The number of aryl methyl sites for hydroxylation is 1. The summed E-state index contributed by atoms with van der Waals surface area (Å²) < 4.78 is 11.7. The Kier molecular flexibility index (Phi) is 4.61. The molecule has 2 N–H and O–H groups in total. The van der Waals surface area contributed by atoms with Gasteiger partial charge >= 0.3 is 0 Å². The third-order valence-electron chi connectivity index (χ3n) is 4.00. The minimum Gasteiger partial charge on any atom is -0.494 e. The largest absolute Gasteiger partial charge is 0.494 e. The molecule has 0 unspecified atom stereocenters. The van der Waals surface area contributed by atoms with Gasteiger partial charge in [0.15, 0.2) is 0 Å². The van der Waals surface area contributed by atoms with Gasteiger partial charge in [-0.25, -0.2) is 0 Å². The van der Waals surface area contributed by atoms with E-state index in [2.05, 4.69) is 13.0 Å². The molecular formula is C16H22ClNO2. The van der Waals surface area contributed by atoms with E-state index < -0.39 is 0 Å². The number of hydrogen-bond donors (Lipinski definition) is 1. The molecule has 2 atom stereocenters. The first kappa shape index (κ1) is 15.2. The highest BCUT2D eigenvalue weighted by Gasteiger charge is 2.40. The summed E-state index contributed by atoms with van der Waals surface area (Å²) in [5, 5.41) is 1.21. The topological polar surface area (TPSA) is 48.4 Å². The van der Waals surface area contributed by atoms with E-state index in [1.807, 2.05) is 19.1 Å².